The van der Waals surface area contributed by atoms with E-state index in [4.69, 9.17) is 14.5 Å². The maximum atomic E-state index is 14.4. The fourth-order valence-electron chi connectivity index (χ4n) is 6.04. The molecule has 7 nitrogen and oxygen atoms in total. The van der Waals surface area contributed by atoms with Crippen LogP contribution >= 0.6 is 27.3 Å². The third-order valence-corrected chi connectivity index (χ3v) is 9.80. The van der Waals surface area contributed by atoms with Crippen molar-refractivity contribution in [3.05, 3.63) is 130 Å². The van der Waals surface area contributed by atoms with Gasteiger partial charge in [-0.1, -0.05) is 61.1 Å². The third kappa shape index (κ3) is 5.76. The molecule has 0 unspecified atom stereocenters. The van der Waals surface area contributed by atoms with E-state index in [2.05, 4.69) is 26.6 Å². The fraction of sp³-hybridized carbons (Fsp3) is 0.250. The minimum atomic E-state index is -0.734. The Balaban J connectivity index is 1.57. The molecule has 0 fully saturated rings. The predicted molar refractivity (Wildman–Crippen MR) is 183 cm³/mol. The molecule has 0 saturated carbocycles. The number of carbonyl (C=O) groups is 1. The highest BCUT2D eigenvalue weighted by atomic mass is 79.9. The number of esters is 1. The summed E-state index contributed by atoms with van der Waals surface area (Å²) in [5.74, 6) is -0.123. The van der Waals surface area contributed by atoms with Crippen LogP contribution in [-0.4, -0.2) is 28.8 Å². The molecule has 10 heteroatoms. The van der Waals surface area contributed by atoms with Crippen molar-refractivity contribution in [1.29, 1.82) is 0 Å². The quantitative estimate of drug-likeness (QED) is 0.159. The van der Waals surface area contributed by atoms with Crippen molar-refractivity contribution < 1.29 is 18.7 Å². The van der Waals surface area contributed by atoms with E-state index in [0.717, 1.165) is 39.7 Å². The average molecular weight is 703 g/mol. The Kier molecular flexibility index (Phi) is 9.11. The second kappa shape index (κ2) is 13.2. The Morgan fingerprint density at radius 2 is 1.87 bits per heavy atom. The zero-order valence-corrected chi connectivity index (χ0v) is 28.4. The van der Waals surface area contributed by atoms with Gasteiger partial charge in [-0.25, -0.2) is 14.2 Å². The highest BCUT2D eigenvalue weighted by Gasteiger charge is 2.34. The molecule has 0 radical (unpaired) electrons. The number of rotatable bonds is 9. The molecular formula is C36H33BrFN3O4S. The molecule has 1 atom stereocenters. The van der Waals surface area contributed by atoms with E-state index in [1.54, 1.807) is 30.7 Å². The molecule has 3 aromatic carbocycles. The van der Waals surface area contributed by atoms with Crippen molar-refractivity contribution in [2.24, 2.45) is 4.99 Å². The smallest absolute Gasteiger partial charge is 0.338 e. The van der Waals surface area contributed by atoms with Crippen molar-refractivity contribution in [3.8, 4) is 5.75 Å². The van der Waals surface area contributed by atoms with Crippen molar-refractivity contribution in [2.45, 2.75) is 46.2 Å². The number of methoxy groups -OCH3 is 1. The second-order valence-corrected chi connectivity index (χ2v) is 12.9. The highest BCUT2D eigenvalue weighted by molar-refractivity contribution is 9.10. The van der Waals surface area contributed by atoms with Gasteiger partial charge in [0.2, 0.25) is 0 Å². The summed E-state index contributed by atoms with van der Waals surface area (Å²) in [6, 6.07) is 19.4. The lowest BCUT2D eigenvalue weighted by Gasteiger charge is -2.26. The molecule has 3 heterocycles. The molecule has 46 heavy (non-hydrogen) atoms. The molecule has 5 aromatic rings. The number of fused-ring (bicyclic) bond motifs is 2. The van der Waals surface area contributed by atoms with E-state index in [-0.39, 0.29) is 18.0 Å². The summed E-state index contributed by atoms with van der Waals surface area (Å²) >= 11 is 4.89. The van der Waals surface area contributed by atoms with Gasteiger partial charge in [-0.15, -0.1) is 0 Å². The summed E-state index contributed by atoms with van der Waals surface area (Å²) in [6.07, 6.45) is 3.25. The number of allylic oxidation sites excluding steroid dienone is 1. The van der Waals surface area contributed by atoms with Gasteiger partial charge in [0.25, 0.3) is 5.56 Å². The first kappa shape index (κ1) is 31.7. The third-order valence-electron chi connectivity index (χ3n) is 8.19. The van der Waals surface area contributed by atoms with Crippen LogP contribution in [0.15, 0.2) is 92.3 Å². The Bertz CT molecular complexity index is 2180. The first-order valence-corrected chi connectivity index (χ1v) is 16.7. The van der Waals surface area contributed by atoms with Crippen LogP contribution in [0.4, 0.5) is 4.39 Å². The molecule has 0 saturated heterocycles. The summed E-state index contributed by atoms with van der Waals surface area (Å²) < 4.78 is 29.6. The van der Waals surface area contributed by atoms with Gasteiger partial charge in [0.1, 0.15) is 11.6 Å². The predicted octanol–water partition coefficient (Wildman–Crippen LogP) is 6.80. The molecule has 6 rings (SSSR count). The van der Waals surface area contributed by atoms with E-state index in [1.807, 2.05) is 56.3 Å². The molecular weight excluding hydrogens is 669 g/mol. The number of hydrogen-bond donors (Lipinski definition) is 0. The first-order valence-electron chi connectivity index (χ1n) is 15.1. The van der Waals surface area contributed by atoms with Crippen molar-refractivity contribution >= 4 is 50.2 Å². The van der Waals surface area contributed by atoms with Crippen LogP contribution in [0.5, 0.6) is 5.75 Å². The minimum absolute atomic E-state index is 0.201. The summed E-state index contributed by atoms with van der Waals surface area (Å²) in [7, 11) is 1.59. The molecule has 1 aliphatic heterocycles. The standard InChI is InChI=1S/C36H33BrFN3O4S/c1-5-9-28-32(35(43)45-6-2)33(23-14-17-30(44-4)27(37)18-23)41-34(42)31(46-36(41)39-28)19-26-21(3)40(29-11-8-7-10-25(26)29)20-22-12-15-24(38)16-13-22/h7-8,10-19,33H,5-6,9,20H2,1-4H3/b31-19-/t33-/m1/s1. The molecule has 236 valence electrons. The Morgan fingerprint density at radius 1 is 1.11 bits per heavy atom. The Labute approximate surface area is 278 Å². The number of hydrogen-bond acceptors (Lipinski definition) is 6. The van der Waals surface area contributed by atoms with E-state index in [9.17, 15) is 14.0 Å². The van der Waals surface area contributed by atoms with E-state index in [0.29, 0.717) is 43.8 Å². The van der Waals surface area contributed by atoms with Crippen LogP contribution in [0.25, 0.3) is 17.0 Å². The molecule has 0 bridgehead atoms. The van der Waals surface area contributed by atoms with E-state index >= 15 is 0 Å². The average Bonchev–Trinajstić information content (AvgIpc) is 3.50. The molecule has 0 amide bonds. The summed E-state index contributed by atoms with van der Waals surface area (Å²) in [5, 5.41) is 1.00. The van der Waals surface area contributed by atoms with Gasteiger partial charge < -0.3 is 14.0 Å². The number of para-hydroxylation sites is 1. The molecule has 0 N–H and O–H groups in total. The van der Waals surface area contributed by atoms with Gasteiger partial charge in [-0.2, -0.15) is 0 Å². The number of halogens is 2. The molecule has 0 spiro atoms. The first-order chi connectivity index (χ1) is 22.2. The van der Waals surface area contributed by atoms with Gasteiger partial charge in [-0.3, -0.25) is 9.36 Å². The SMILES string of the molecule is CCCC1=C(C(=O)OCC)[C@@H](c2ccc(OC)c(Br)c2)n2c(s/c(=C\c3c(C)n(Cc4ccc(F)cc4)c4ccccc34)c2=O)=N1. The van der Waals surface area contributed by atoms with Crippen LogP contribution in [0.1, 0.15) is 55.1 Å². The Hall–Kier alpha value is -4.28. The lowest BCUT2D eigenvalue weighted by Crippen LogP contribution is -2.40. The van der Waals surface area contributed by atoms with E-state index < -0.39 is 12.0 Å². The van der Waals surface area contributed by atoms with Crippen molar-refractivity contribution in [1.82, 2.24) is 9.13 Å². The fourth-order valence-corrected chi connectivity index (χ4v) is 7.60. The van der Waals surface area contributed by atoms with Crippen LogP contribution < -0.4 is 19.6 Å². The number of nitrogens with zero attached hydrogens (tertiary/aromatic N) is 3. The number of aromatic nitrogens is 2. The largest absolute Gasteiger partial charge is 0.496 e. The van der Waals surface area contributed by atoms with Gasteiger partial charge >= 0.3 is 5.97 Å². The van der Waals surface area contributed by atoms with Gasteiger partial charge in [-0.05, 0) is 83.7 Å². The maximum Gasteiger partial charge on any atom is 0.338 e. The normalized spacial score (nSPS) is 14.8. The zero-order chi connectivity index (χ0) is 32.5. The zero-order valence-electron chi connectivity index (χ0n) is 26.0. The molecule has 2 aromatic heterocycles. The lowest BCUT2D eigenvalue weighted by molar-refractivity contribution is -0.139. The number of thiazole rings is 1. The Morgan fingerprint density at radius 3 is 2.57 bits per heavy atom. The van der Waals surface area contributed by atoms with Crippen LogP contribution in [0, 0.1) is 12.7 Å². The van der Waals surface area contributed by atoms with Crippen LogP contribution in [0.2, 0.25) is 0 Å². The second-order valence-electron chi connectivity index (χ2n) is 11.0. The molecule has 0 aliphatic carbocycles. The van der Waals surface area contributed by atoms with Gasteiger partial charge in [0.05, 0.1) is 40.0 Å². The summed E-state index contributed by atoms with van der Waals surface area (Å²) in [6.45, 7) is 6.58. The monoisotopic (exact) mass is 701 g/mol. The van der Waals surface area contributed by atoms with Crippen molar-refractivity contribution in [3.63, 3.8) is 0 Å². The van der Waals surface area contributed by atoms with Crippen LogP contribution in [0.3, 0.4) is 0 Å². The minimum Gasteiger partial charge on any atom is -0.496 e. The topological polar surface area (TPSA) is 74.8 Å². The van der Waals surface area contributed by atoms with Gasteiger partial charge in [0.15, 0.2) is 4.80 Å². The lowest BCUT2D eigenvalue weighted by atomic mass is 9.94. The number of benzene rings is 3. The number of ether oxygens (including phenoxy) is 2. The van der Waals surface area contributed by atoms with Crippen molar-refractivity contribution in [2.75, 3.05) is 13.7 Å². The van der Waals surface area contributed by atoms with E-state index in [1.165, 1.54) is 23.5 Å². The number of carbonyl (C=O) groups excluding carboxylic acids is 1. The maximum absolute atomic E-state index is 14.4. The van der Waals surface area contributed by atoms with Gasteiger partial charge in [0, 0.05) is 28.7 Å². The molecule has 1 aliphatic rings. The van der Waals surface area contributed by atoms with Crippen LogP contribution in [-0.2, 0) is 16.1 Å². The summed E-state index contributed by atoms with van der Waals surface area (Å²) in [5.41, 5.74) is 5.36. The highest BCUT2D eigenvalue weighted by Crippen LogP contribution is 2.36. The summed E-state index contributed by atoms with van der Waals surface area (Å²) in [4.78, 5) is 33.4.